The summed E-state index contributed by atoms with van der Waals surface area (Å²) in [6.45, 7) is 5.84. The summed E-state index contributed by atoms with van der Waals surface area (Å²) in [7, 11) is 0. The summed E-state index contributed by atoms with van der Waals surface area (Å²) in [5, 5.41) is 16.0. The number of rotatable bonds is 4. The lowest BCUT2D eigenvalue weighted by atomic mass is 10.4. The minimum atomic E-state index is -0.424. The molecule has 7 nitrogen and oxygen atoms in total. The molecule has 2 aromatic heterocycles. The lowest BCUT2D eigenvalue weighted by Gasteiger charge is -2.00. The van der Waals surface area contributed by atoms with Crippen molar-refractivity contribution in [1.29, 1.82) is 0 Å². The standard InChI is InChI=1S/C10H12N4O3S/c1-4-13-9(8(14(15)16)7(3)12-13)18-10-11-6(2)5-17-10/h5H,4H2,1-3H3. The Hall–Kier alpha value is -1.83. The maximum atomic E-state index is 11.1. The van der Waals surface area contributed by atoms with Crippen LogP contribution in [0.5, 0.6) is 0 Å². The van der Waals surface area contributed by atoms with Gasteiger partial charge in [0.25, 0.3) is 5.22 Å². The van der Waals surface area contributed by atoms with E-state index < -0.39 is 4.92 Å². The highest BCUT2D eigenvalue weighted by Crippen LogP contribution is 2.36. The van der Waals surface area contributed by atoms with Crippen LogP contribution in [0.15, 0.2) is 20.9 Å². The molecule has 2 heterocycles. The van der Waals surface area contributed by atoms with Crippen LogP contribution in [0, 0.1) is 24.0 Å². The lowest BCUT2D eigenvalue weighted by Crippen LogP contribution is -1.99. The Morgan fingerprint density at radius 2 is 2.28 bits per heavy atom. The monoisotopic (exact) mass is 268 g/mol. The Kier molecular flexibility index (Phi) is 3.37. The summed E-state index contributed by atoms with van der Waals surface area (Å²) < 4.78 is 6.78. The fraction of sp³-hybridized carbons (Fsp3) is 0.400. The van der Waals surface area contributed by atoms with Crippen LogP contribution in [-0.4, -0.2) is 19.7 Å². The zero-order chi connectivity index (χ0) is 13.3. The van der Waals surface area contributed by atoms with E-state index in [2.05, 4.69) is 10.1 Å². The van der Waals surface area contributed by atoms with Gasteiger partial charge in [-0.3, -0.25) is 14.8 Å². The first kappa shape index (κ1) is 12.6. The Labute approximate surface area is 107 Å². The third-order valence-electron chi connectivity index (χ3n) is 2.31. The van der Waals surface area contributed by atoms with Crippen LogP contribution in [0.3, 0.4) is 0 Å². The van der Waals surface area contributed by atoms with Gasteiger partial charge >= 0.3 is 5.69 Å². The van der Waals surface area contributed by atoms with Gasteiger partial charge < -0.3 is 4.42 Å². The van der Waals surface area contributed by atoms with Gasteiger partial charge in [-0.1, -0.05) is 0 Å². The van der Waals surface area contributed by atoms with Gasteiger partial charge in [0.2, 0.25) is 0 Å². The number of aromatic nitrogens is 3. The highest BCUT2D eigenvalue weighted by molar-refractivity contribution is 7.99. The first-order chi connectivity index (χ1) is 8.52. The number of hydrogen-bond acceptors (Lipinski definition) is 6. The van der Waals surface area contributed by atoms with E-state index in [1.165, 1.54) is 6.26 Å². The molecule has 0 atom stereocenters. The minimum Gasteiger partial charge on any atom is -0.439 e. The molecule has 2 aromatic rings. The normalized spacial score (nSPS) is 10.8. The first-order valence-electron chi connectivity index (χ1n) is 5.34. The van der Waals surface area contributed by atoms with Gasteiger partial charge in [0, 0.05) is 6.54 Å². The molecule has 0 radical (unpaired) electrons. The van der Waals surface area contributed by atoms with Gasteiger partial charge in [-0.05, 0) is 32.5 Å². The Morgan fingerprint density at radius 3 is 2.78 bits per heavy atom. The number of aryl methyl sites for hydroxylation is 3. The molecule has 96 valence electrons. The highest BCUT2D eigenvalue weighted by atomic mass is 32.2. The van der Waals surface area contributed by atoms with Crippen molar-refractivity contribution in [1.82, 2.24) is 14.8 Å². The maximum absolute atomic E-state index is 11.1. The van der Waals surface area contributed by atoms with E-state index in [9.17, 15) is 10.1 Å². The molecule has 0 bridgehead atoms. The predicted octanol–water partition coefficient (Wildman–Crippen LogP) is 2.57. The molecule has 18 heavy (non-hydrogen) atoms. The average Bonchev–Trinajstić information content (AvgIpc) is 2.83. The molecule has 0 aliphatic rings. The second kappa shape index (κ2) is 4.81. The molecule has 0 saturated heterocycles. The summed E-state index contributed by atoms with van der Waals surface area (Å²) in [6.07, 6.45) is 1.51. The van der Waals surface area contributed by atoms with Gasteiger partial charge in [0.15, 0.2) is 5.03 Å². The van der Waals surface area contributed by atoms with Crippen molar-refractivity contribution in [3.05, 3.63) is 27.8 Å². The SMILES string of the molecule is CCn1nc(C)c([N+](=O)[O-])c1Sc1nc(C)co1. The molecule has 0 aliphatic heterocycles. The van der Waals surface area contributed by atoms with Gasteiger partial charge in [-0.15, -0.1) is 0 Å². The minimum absolute atomic E-state index is 0.0118. The van der Waals surface area contributed by atoms with Crippen LogP contribution in [0.4, 0.5) is 5.69 Å². The summed E-state index contributed by atoms with van der Waals surface area (Å²) in [4.78, 5) is 14.8. The van der Waals surface area contributed by atoms with Gasteiger partial charge in [0.1, 0.15) is 12.0 Å². The zero-order valence-corrected chi connectivity index (χ0v) is 11.0. The van der Waals surface area contributed by atoms with Crippen LogP contribution in [0.2, 0.25) is 0 Å². The Morgan fingerprint density at radius 1 is 1.56 bits per heavy atom. The van der Waals surface area contributed by atoms with Crippen molar-refractivity contribution < 1.29 is 9.34 Å². The smallest absolute Gasteiger partial charge is 0.324 e. The molecular weight excluding hydrogens is 256 g/mol. The van der Waals surface area contributed by atoms with E-state index in [1.54, 1.807) is 18.5 Å². The van der Waals surface area contributed by atoms with Crippen LogP contribution < -0.4 is 0 Å². The second-order valence-corrected chi connectivity index (χ2v) is 4.61. The summed E-state index contributed by atoms with van der Waals surface area (Å²) >= 11 is 1.12. The van der Waals surface area contributed by atoms with E-state index in [-0.39, 0.29) is 5.69 Å². The largest absolute Gasteiger partial charge is 0.439 e. The first-order valence-corrected chi connectivity index (χ1v) is 6.16. The molecule has 2 rings (SSSR count). The Bertz CT molecular complexity index is 590. The van der Waals surface area contributed by atoms with Gasteiger partial charge in [0.05, 0.1) is 10.6 Å². The van der Waals surface area contributed by atoms with Crippen LogP contribution in [-0.2, 0) is 6.54 Å². The number of oxazole rings is 1. The molecule has 0 N–H and O–H groups in total. The topological polar surface area (TPSA) is 87.0 Å². The van der Waals surface area contributed by atoms with Crippen molar-refractivity contribution in [3.8, 4) is 0 Å². The summed E-state index contributed by atoms with van der Waals surface area (Å²) in [5.41, 5.74) is 1.14. The highest BCUT2D eigenvalue weighted by Gasteiger charge is 2.26. The number of hydrogen-bond donors (Lipinski definition) is 0. The molecule has 0 saturated carbocycles. The lowest BCUT2D eigenvalue weighted by molar-refractivity contribution is -0.388. The molecule has 0 spiro atoms. The molecule has 8 heteroatoms. The van der Waals surface area contributed by atoms with Crippen molar-refractivity contribution in [3.63, 3.8) is 0 Å². The third kappa shape index (κ3) is 2.23. The van der Waals surface area contributed by atoms with Crippen molar-refractivity contribution in [2.75, 3.05) is 0 Å². The fourth-order valence-corrected chi connectivity index (χ4v) is 2.58. The van der Waals surface area contributed by atoms with Crippen LogP contribution in [0.1, 0.15) is 18.3 Å². The van der Waals surface area contributed by atoms with Gasteiger partial charge in [-0.25, -0.2) is 4.98 Å². The van der Waals surface area contributed by atoms with E-state index in [4.69, 9.17) is 4.42 Å². The van der Waals surface area contributed by atoms with Crippen LogP contribution in [0.25, 0.3) is 0 Å². The van der Waals surface area contributed by atoms with Crippen molar-refractivity contribution >= 4 is 17.4 Å². The van der Waals surface area contributed by atoms with Gasteiger partial charge in [-0.2, -0.15) is 5.10 Å². The molecular formula is C10H12N4O3S. The quantitative estimate of drug-likeness (QED) is 0.625. The van der Waals surface area contributed by atoms with E-state index >= 15 is 0 Å². The second-order valence-electron chi connectivity index (χ2n) is 3.67. The van der Waals surface area contributed by atoms with Crippen molar-refractivity contribution in [2.45, 2.75) is 37.6 Å². The van der Waals surface area contributed by atoms with E-state index in [0.29, 0.717) is 22.5 Å². The predicted molar refractivity (Wildman–Crippen MR) is 64.7 cm³/mol. The zero-order valence-electron chi connectivity index (χ0n) is 10.2. The molecule has 0 aromatic carbocycles. The maximum Gasteiger partial charge on any atom is 0.324 e. The third-order valence-corrected chi connectivity index (χ3v) is 3.27. The Balaban J connectivity index is 2.44. The van der Waals surface area contributed by atoms with E-state index in [0.717, 1.165) is 17.5 Å². The molecule has 0 fully saturated rings. The van der Waals surface area contributed by atoms with Crippen molar-refractivity contribution in [2.24, 2.45) is 0 Å². The molecule has 0 aliphatic carbocycles. The molecule has 0 amide bonds. The fourth-order valence-electron chi connectivity index (χ4n) is 1.54. The van der Waals surface area contributed by atoms with Crippen LogP contribution >= 0.6 is 11.8 Å². The average molecular weight is 268 g/mol. The number of nitro groups is 1. The summed E-state index contributed by atoms with van der Waals surface area (Å²) in [5.74, 6) is 0. The number of nitrogens with zero attached hydrogens (tertiary/aromatic N) is 4. The summed E-state index contributed by atoms with van der Waals surface area (Å²) in [6, 6.07) is 0. The van der Waals surface area contributed by atoms with E-state index in [1.807, 2.05) is 6.92 Å². The molecule has 0 unspecified atom stereocenters.